The van der Waals surface area contributed by atoms with E-state index in [-0.39, 0.29) is 29.1 Å². The van der Waals surface area contributed by atoms with Crippen molar-refractivity contribution in [3.05, 3.63) is 35.4 Å². The molecule has 1 aromatic rings. The van der Waals surface area contributed by atoms with Crippen molar-refractivity contribution in [1.29, 1.82) is 0 Å². The first-order valence-electron chi connectivity index (χ1n) is 9.29. The molecule has 0 radical (unpaired) electrons. The molecule has 1 unspecified atom stereocenters. The fraction of sp³-hybridized carbons (Fsp3) is 0.550. The Morgan fingerprint density at radius 1 is 1.15 bits per heavy atom. The van der Waals surface area contributed by atoms with Crippen molar-refractivity contribution in [3.8, 4) is 0 Å². The molecule has 1 aromatic carbocycles. The van der Waals surface area contributed by atoms with Crippen LogP contribution in [0.25, 0.3) is 0 Å². The summed E-state index contributed by atoms with van der Waals surface area (Å²) in [6.07, 6.45) is 1.99. The quantitative estimate of drug-likeness (QED) is 0.788. The van der Waals surface area contributed by atoms with Crippen LogP contribution in [-0.4, -0.2) is 48.3 Å². The van der Waals surface area contributed by atoms with E-state index in [1.165, 1.54) is 0 Å². The van der Waals surface area contributed by atoms with Gasteiger partial charge in [0, 0.05) is 6.54 Å². The number of rotatable bonds is 5. The van der Waals surface area contributed by atoms with Crippen LogP contribution < -0.4 is 10.6 Å². The largest absolute Gasteiger partial charge is 0.354 e. The Balaban J connectivity index is 1.76. The second-order valence-electron chi connectivity index (χ2n) is 7.99. The Labute approximate surface area is 154 Å². The molecule has 6 heteroatoms. The zero-order valence-electron chi connectivity index (χ0n) is 15.7. The number of nitrogens with zero attached hydrogens (tertiary/aromatic N) is 1. The van der Waals surface area contributed by atoms with Gasteiger partial charge < -0.3 is 10.6 Å². The molecule has 1 saturated heterocycles. The number of piperidine rings is 1. The predicted molar refractivity (Wildman–Crippen MR) is 98.8 cm³/mol. The van der Waals surface area contributed by atoms with Gasteiger partial charge in [0.1, 0.15) is 6.04 Å². The van der Waals surface area contributed by atoms with E-state index in [1.807, 2.05) is 13.8 Å². The van der Waals surface area contributed by atoms with Crippen LogP contribution >= 0.6 is 0 Å². The third-order valence-electron chi connectivity index (χ3n) is 5.50. The van der Waals surface area contributed by atoms with Crippen molar-refractivity contribution in [1.82, 2.24) is 15.5 Å². The first kappa shape index (κ1) is 18.6. The van der Waals surface area contributed by atoms with E-state index in [0.29, 0.717) is 17.7 Å². The van der Waals surface area contributed by atoms with Crippen LogP contribution in [0.5, 0.6) is 0 Å². The Hall–Kier alpha value is -2.21. The van der Waals surface area contributed by atoms with Gasteiger partial charge in [0.05, 0.1) is 11.1 Å². The number of imide groups is 1. The number of fused-ring (bicyclic) bond motifs is 1. The monoisotopic (exact) mass is 357 g/mol. The minimum atomic E-state index is -0.798. The molecule has 2 aliphatic rings. The first-order valence-corrected chi connectivity index (χ1v) is 9.29. The molecule has 0 aromatic heterocycles. The summed E-state index contributed by atoms with van der Waals surface area (Å²) in [6.45, 7) is 8.33. The lowest BCUT2D eigenvalue weighted by atomic mass is 9.81. The van der Waals surface area contributed by atoms with Crippen molar-refractivity contribution in [2.24, 2.45) is 11.3 Å². The fourth-order valence-corrected chi connectivity index (χ4v) is 3.79. The molecule has 3 amide bonds. The molecule has 1 fully saturated rings. The highest BCUT2D eigenvalue weighted by Gasteiger charge is 2.44. The molecule has 26 heavy (non-hydrogen) atoms. The smallest absolute Gasteiger partial charge is 0.262 e. The molecular weight excluding hydrogens is 330 g/mol. The maximum Gasteiger partial charge on any atom is 0.262 e. The summed E-state index contributed by atoms with van der Waals surface area (Å²) in [5.41, 5.74) is 0.798. The molecule has 6 nitrogen and oxygen atoms in total. The number of benzene rings is 1. The van der Waals surface area contributed by atoms with Gasteiger partial charge in [-0.05, 0) is 49.4 Å². The number of hydrogen-bond acceptors (Lipinski definition) is 4. The molecule has 140 valence electrons. The minimum Gasteiger partial charge on any atom is -0.354 e. The van der Waals surface area contributed by atoms with Gasteiger partial charge in [0.25, 0.3) is 11.8 Å². The molecule has 2 aliphatic heterocycles. The van der Waals surface area contributed by atoms with E-state index in [2.05, 4.69) is 17.6 Å². The average Bonchev–Trinajstić information content (AvgIpc) is 2.86. The van der Waals surface area contributed by atoms with Crippen molar-refractivity contribution in [2.75, 3.05) is 19.6 Å². The zero-order chi connectivity index (χ0) is 18.9. The topological polar surface area (TPSA) is 78.5 Å². The van der Waals surface area contributed by atoms with Crippen molar-refractivity contribution >= 4 is 17.7 Å². The maximum atomic E-state index is 12.9. The third kappa shape index (κ3) is 3.38. The predicted octanol–water partition coefficient (Wildman–Crippen LogP) is 1.81. The lowest BCUT2D eigenvalue weighted by molar-refractivity contribution is -0.126. The van der Waals surface area contributed by atoms with Gasteiger partial charge in [-0.1, -0.05) is 32.9 Å². The maximum absolute atomic E-state index is 12.9. The van der Waals surface area contributed by atoms with Crippen LogP contribution in [0.2, 0.25) is 0 Å². The number of carbonyl (C=O) groups is 3. The van der Waals surface area contributed by atoms with Gasteiger partial charge in [0.2, 0.25) is 5.91 Å². The molecule has 0 bridgehead atoms. The highest BCUT2D eigenvalue weighted by atomic mass is 16.2. The van der Waals surface area contributed by atoms with E-state index in [9.17, 15) is 14.4 Å². The van der Waals surface area contributed by atoms with Gasteiger partial charge >= 0.3 is 0 Å². The molecule has 0 spiro atoms. The summed E-state index contributed by atoms with van der Waals surface area (Å²) >= 11 is 0. The third-order valence-corrected chi connectivity index (χ3v) is 5.50. The van der Waals surface area contributed by atoms with Gasteiger partial charge in [-0.25, -0.2) is 0 Å². The summed E-state index contributed by atoms with van der Waals surface area (Å²) in [4.78, 5) is 39.5. The van der Waals surface area contributed by atoms with E-state index >= 15 is 0 Å². The molecule has 2 N–H and O–H groups in total. The molecule has 0 saturated carbocycles. The van der Waals surface area contributed by atoms with Crippen LogP contribution in [0.3, 0.4) is 0 Å². The highest BCUT2D eigenvalue weighted by Crippen LogP contribution is 2.29. The van der Waals surface area contributed by atoms with E-state index in [0.717, 1.165) is 30.8 Å². The molecule has 2 heterocycles. The highest BCUT2D eigenvalue weighted by molar-refractivity contribution is 6.22. The van der Waals surface area contributed by atoms with E-state index < -0.39 is 6.04 Å². The van der Waals surface area contributed by atoms with E-state index in [1.54, 1.807) is 24.3 Å². The summed E-state index contributed by atoms with van der Waals surface area (Å²) in [7, 11) is 0. The Bertz CT molecular complexity index is 688. The second kappa shape index (κ2) is 7.19. The van der Waals surface area contributed by atoms with E-state index in [4.69, 9.17) is 0 Å². The molecular formula is C20H27N3O3. The number of nitrogens with one attached hydrogen (secondary N) is 2. The molecule has 3 rings (SSSR count). The van der Waals surface area contributed by atoms with Gasteiger partial charge in [-0.2, -0.15) is 0 Å². The standard InChI is InChI=1S/C20H27N3O3/c1-13(2)16(17(24)22-12-20(3)8-10-21-11-9-20)23-18(25)14-6-4-5-7-15(14)19(23)26/h4-7,13,16,21H,8-12H2,1-3H3,(H,22,24). The van der Waals surface area contributed by atoms with Crippen molar-refractivity contribution in [2.45, 2.75) is 39.7 Å². The lowest BCUT2D eigenvalue weighted by Crippen LogP contribution is -2.54. The molecule has 0 aliphatic carbocycles. The van der Waals surface area contributed by atoms with Crippen LogP contribution in [0.1, 0.15) is 54.3 Å². The van der Waals surface area contributed by atoms with Crippen LogP contribution in [0.15, 0.2) is 24.3 Å². The summed E-state index contributed by atoms with van der Waals surface area (Å²) in [5, 5.41) is 6.33. The number of hydrogen-bond donors (Lipinski definition) is 2. The average molecular weight is 357 g/mol. The Morgan fingerprint density at radius 2 is 1.69 bits per heavy atom. The van der Waals surface area contributed by atoms with Crippen LogP contribution in [0.4, 0.5) is 0 Å². The lowest BCUT2D eigenvalue weighted by Gasteiger charge is -2.35. The second-order valence-corrected chi connectivity index (χ2v) is 7.99. The number of amides is 3. The summed E-state index contributed by atoms with van der Waals surface area (Å²) in [6, 6.07) is 5.95. The minimum absolute atomic E-state index is 0.0461. The number of carbonyl (C=O) groups excluding carboxylic acids is 3. The van der Waals surface area contributed by atoms with Crippen LogP contribution in [-0.2, 0) is 4.79 Å². The Morgan fingerprint density at radius 3 is 2.19 bits per heavy atom. The van der Waals surface area contributed by atoms with Gasteiger partial charge in [-0.3, -0.25) is 19.3 Å². The zero-order valence-corrected chi connectivity index (χ0v) is 15.7. The SMILES string of the molecule is CC(C)C(C(=O)NCC1(C)CCNCC1)N1C(=O)c2ccccc2C1=O. The Kier molecular flexibility index (Phi) is 5.14. The van der Waals surface area contributed by atoms with Crippen LogP contribution in [0, 0.1) is 11.3 Å². The fourth-order valence-electron chi connectivity index (χ4n) is 3.79. The first-order chi connectivity index (χ1) is 12.3. The van der Waals surface area contributed by atoms with Gasteiger partial charge in [0.15, 0.2) is 0 Å². The normalized spacial score (nSPS) is 20.2. The summed E-state index contributed by atoms with van der Waals surface area (Å²) in [5.74, 6) is -1.19. The van der Waals surface area contributed by atoms with Gasteiger partial charge in [-0.15, -0.1) is 0 Å². The van der Waals surface area contributed by atoms with Crippen molar-refractivity contribution < 1.29 is 14.4 Å². The summed E-state index contributed by atoms with van der Waals surface area (Å²) < 4.78 is 0. The molecule has 1 atom stereocenters. The van der Waals surface area contributed by atoms with Crippen molar-refractivity contribution in [3.63, 3.8) is 0 Å².